The molecule has 0 unspecified atom stereocenters. The average Bonchev–Trinajstić information content (AvgIpc) is 2.94. The highest BCUT2D eigenvalue weighted by atomic mass is 32.2. The maximum absolute atomic E-state index is 13.5. The fraction of sp³-hybridized carbons (Fsp3) is 0.107. The maximum Gasteiger partial charge on any atom is 0.271 e. The third-order valence-corrected chi connectivity index (χ3v) is 9.20. The number of rotatable bonds is 10. The van der Waals surface area contributed by atoms with Gasteiger partial charge < -0.3 is 5.32 Å². The van der Waals surface area contributed by atoms with Crippen LogP contribution in [-0.4, -0.2) is 34.2 Å². The summed E-state index contributed by atoms with van der Waals surface area (Å²) in [6, 6.07) is 23.1. The Hall–Kier alpha value is -4.75. The second kappa shape index (κ2) is 11.8. The summed E-state index contributed by atoms with van der Waals surface area (Å²) in [5, 5.41) is 13.9. The highest BCUT2D eigenvalue weighted by Gasteiger charge is 2.28. The van der Waals surface area contributed by atoms with Gasteiger partial charge in [-0.05, 0) is 73.5 Å². The molecule has 212 valence electrons. The normalized spacial score (nSPS) is 11.5. The Balaban J connectivity index is 1.56. The molecule has 2 N–H and O–H groups in total. The predicted molar refractivity (Wildman–Crippen MR) is 156 cm³/mol. The Kier molecular flexibility index (Phi) is 8.40. The van der Waals surface area contributed by atoms with Crippen molar-refractivity contribution in [2.75, 3.05) is 20.9 Å². The van der Waals surface area contributed by atoms with Crippen LogP contribution in [0.1, 0.15) is 11.1 Å². The molecule has 0 aromatic heterocycles. The molecule has 0 radical (unpaired) electrons. The number of nitro groups is 1. The van der Waals surface area contributed by atoms with Crippen LogP contribution in [0.15, 0.2) is 107 Å². The van der Waals surface area contributed by atoms with Crippen molar-refractivity contribution in [1.29, 1.82) is 0 Å². The summed E-state index contributed by atoms with van der Waals surface area (Å²) in [5.41, 5.74) is 1.89. The zero-order chi connectivity index (χ0) is 29.8. The van der Waals surface area contributed by atoms with Crippen molar-refractivity contribution in [1.82, 2.24) is 0 Å². The molecule has 11 nitrogen and oxygen atoms in total. The van der Waals surface area contributed by atoms with Gasteiger partial charge in [-0.15, -0.1) is 0 Å². The van der Waals surface area contributed by atoms with Crippen LogP contribution in [0.25, 0.3) is 0 Å². The molecular weight excluding hydrogens is 568 g/mol. The molecule has 0 heterocycles. The SMILES string of the molecule is Cc1ccc(C)c(NS(=O)(=O)c2ccc(NC(=O)CN(c3cccc([N+](=O)[O-])c3)S(=O)(=O)c3ccccc3)cc2)c1. The van der Waals surface area contributed by atoms with Crippen LogP contribution in [0.3, 0.4) is 0 Å². The molecule has 0 atom stereocenters. The summed E-state index contributed by atoms with van der Waals surface area (Å²) in [7, 11) is -8.20. The van der Waals surface area contributed by atoms with Gasteiger partial charge >= 0.3 is 0 Å². The van der Waals surface area contributed by atoms with E-state index in [9.17, 15) is 31.7 Å². The summed E-state index contributed by atoms with van der Waals surface area (Å²) < 4.78 is 56.0. The van der Waals surface area contributed by atoms with Crippen molar-refractivity contribution >= 4 is 48.7 Å². The molecule has 0 saturated carbocycles. The summed E-state index contributed by atoms with van der Waals surface area (Å²) in [6.45, 7) is 2.93. The number of sulfonamides is 2. The average molecular weight is 595 g/mol. The molecule has 41 heavy (non-hydrogen) atoms. The van der Waals surface area contributed by atoms with Crippen molar-refractivity contribution in [3.63, 3.8) is 0 Å². The van der Waals surface area contributed by atoms with E-state index in [1.54, 1.807) is 25.1 Å². The second-order valence-corrected chi connectivity index (χ2v) is 12.6. The number of nitrogens with zero attached hydrogens (tertiary/aromatic N) is 2. The number of carbonyl (C=O) groups is 1. The molecule has 0 aliphatic carbocycles. The van der Waals surface area contributed by atoms with E-state index in [0.29, 0.717) is 5.69 Å². The van der Waals surface area contributed by atoms with Gasteiger partial charge in [-0.25, -0.2) is 16.8 Å². The van der Waals surface area contributed by atoms with Gasteiger partial charge in [0, 0.05) is 17.8 Å². The number of nitro benzene ring substituents is 1. The van der Waals surface area contributed by atoms with E-state index in [-0.39, 0.29) is 26.9 Å². The van der Waals surface area contributed by atoms with Gasteiger partial charge in [0.1, 0.15) is 6.54 Å². The van der Waals surface area contributed by atoms with E-state index in [1.807, 2.05) is 13.0 Å². The summed E-state index contributed by atoms with van der Waals surface area (Å²) in [4.78, 5) is 23.5. The fourth-order valence-electron chi connectivity index (χ4n) is 3.89. The molecule has 0 aliphatic heterocycles. The third kappa shape index (κ3) is 6.88. The molecule has 0 aliphatic rings. The van der Waals surface area contributed by atoms with Crippen LogP contribution in [0.2, 0.25) is 0 Å². The lowest BCUT2D eigenvalue weighted by atomic mass is 10.1. The molecule has 4 aromatic rings. The smallest absolute Gasteiger partial charge is 0.271 e. The number of non-ortho nitro benzene ring substituents is 1. The zero-order valence-corrected chi connectivity index (χ0v) is 23.6. The number of hydrogen-bond acceptors (Lipinski definition) is 7. The van der Waals surface area contributed by atoms with E-state index in [0.717, 1.165) is 21.5 Å². The largest absolute Gasteiger partial charge is 0.325 e. The van der Waals surface area contributed by atoms with Crippen molar-refractivity contribution < 1.29 is 26.6 Å². The first kappa shape index (κ1) is 29.2. The molecule has 0 bridgehead atoms. The minimum atomic E-state index is -4.28. The number of amides is 1. The number of hydrogen-bond donors (Lipinski definition) is 2. The lowest BCUT2D eigenvalue weighted by molar-refractivity contribution is -0.384. The van der Waals surface area contributed by atoms with E-state index in [4.69, 9.17) is 0 Å². The molecule has 13 heteroatoms. The van der Waals surface area contributed by atoms with Gasteiger partial charge in [0.25, 0.3) is 25.7 Å². The number of aryl methyl sites for hydroxylation is 2. The molecule has 0 spiro atoms. The van der Waals surface area contributed by atoms with Gasteiger partial charge in [-0.2, -0.15) is 0 Å². The summed E-state index contributed by atoms with van der Waals surface area (Å²) in [6.07, 6.45) is 0. The predicted octanol–water partition coefficient (Wildman–Crippen LogP) is 4.85. The number of anilines is 3. The molecule has 4 rings (SSSR count). The van der Waals surface area contributed by atoms with Gasteiger partial charge in [0.2, 0.25) is 5.91 Å². The standard InChI is InChI=1S/C28H26N4O7S2/c1-20-11-12-21(2)27(17-20)30-40(36,37)25-15-13-22(14-16-25)29-28(33)19-31(23-7-6-8-24(18-23)32(34)35)41(38,39)26-9-4-3-5-10-26/h3-18,30H,19H2,1-2H3,(H,29,33). The minimum Gasteiger partial charge on any atom is -0.325 e. The van der Waals surface area contributed by atoms with Gasteiger partial charge in [0.15, 0.2) is 0 Å². The first-order valence-electron chi connectivity index (χ1n) is 12.2. The summed E-state index contributed by atoms with van der Waals surface area (Å²) >= 11 is 0. The van der Waals surface area contributed by atoms with E-state index < -0.39 is 37.4 Å². The second-order valence-electron chi connectivity index (χ2n) is 9.10. The van der Waals surface area contributed by atoms with Gasteiger partial charge in [-0.3, -0.25) is 23.9 Å². The first-order chi connectivity index (χ1) is 19.4. The summed E-state index contributed by atoms with van der Waals surface area (Å²) in [5.74, 6) is -0.750. The van der Waals surface area contributed by atoms with E-state index in [1.165, 1.54) is 66.7 Å². The molecule has 1 amide bonds. The van der Waals surface area contributed by atoms with Crippen LogP contribution in [0.4, 0.5) is 22.7 Å². The third-order valence-electron chi connectivity index (χ3n) is 6.03. The number of carbonyl (C=O) groups excluding carboxylic acids is 1. The van der Waals surface area contributed by atoms with Crippen LogP contribution in [0.5, 0.6) is 0 Å². The quantitative estimate of drug-likeness (QED) is 0.196. The van der Waals surface area contributed by atoms with Crippen molar-refractivity contribution in [2.24, 2.45) is 0 Å². The monoisotopic (exact) mass is 594 g/mol. The van der Waals surface area contributed by atoms with Gasteiger partial charge in [0.05, 0.1) is 26.1 Å². The van der Waals surface area contributed by atoms with Gasteiger partial charge in [-0.1, -0.05) is 36.4 Å². The van der Waals surface area contributed by atoms with Crippen LogP contribution in [-0.2, 0) is 24.8 Å². The maximum atomic E-state index is 13.5. The Morgan fingerprint density at radius 2 is 1.51 bits per heavy atom. The van der Waals surface area contributed by atoms with E-state index >= 15 is 0 Å². The Morgan fingerprint density at radius 3 is 2.17 bits per heavy atom. The minimum absolute atomic E-state index is 0.0405. The molecular formula is C28H26N4O7S2. The topological polar surface area (TPSA) is 156 Å². The van der Waals surface area contributed by atoms with Crippen molar-refractivity contribution in [2.45, 2.75) is 23.6 Å². The number of nitrogens with one attached hydrogen (secondary N) is 2. The molecule has 4 aromatic carbocycles. The Morgan fingerprint density at radius 1 is 0.829 bits per heavy atom. The van der Waals surface area contributed by atoms with E-state index in [2.05, 4.69) is 10.0 Å². The number of benzene rings is 4. The molecule has 0 fully saturated rings. The highest BCUT2D eigenvalue weighted by Crippen LogP contribution is 2.27. The zero-order valence-electron chi connectivity index (χ0n) is 22.0. The molecule has 0 saturated heterocycles. The first-order valence-corrected chi connectivity index (χ1v) is 15.1. The van der Waals surface area contributed by atoms with Crippen LogP contribution in [0, 0.1) is 24.0 Å². The van der Waals surface area contributed by atoms with Crippen LogP contribution < -0.4 is 14.3 Å². The lowest BCUT2D eigenvalue weighted by Crippen LogP contribution is -2.38. The fourth-order valence-corrected chi connectivity index (χ4v) is 6.45. The Bertz CT molecular complexity index is 1810. The van der Waals surface area contributed by atoms with Crippen LogP contribution >= 0.6 is 0 Å². The Labute approximate surface area is 237 Å². The lowest BCUT2D eigenvalue weighted by Gasteiger charge is -2.24. The highest BCUT2D eigenvalue weighted by molar-refractivity contribution is 7.93. The van der Waals surface area contributed by atoms with Crippen molar-refractivity contribution in [3.05, 3.63) is 118 Å². The van der Waals surface area contributed by atoms with Crippen molar-refractivity contribution in [3.8, 4) is 0 Å².